The number of hydrogen-bond acceptors (Lipinski definition) is 6. The summed E-state index contributed by atoms with van der Waals surface area (Å²) in [5, 5.41) is 7.87. The van der Waals surface area contributed by atoms with Crippen LogP contribution >= 0.6 is 0 Å². The second-order valence-electron chi connectivity index (χ2n) is 7.25. The van der Waals surface area contributed by atoms with E-state index in [4.69, 9.17) is 4.74 Å². The molecule has 0 spiro atoms. The van der Waals surface area contributed by atoms with Crippen LogP contribution in [0, 0.1) is 5.92 Å². The van der Waals surface area contributed by atoms with Gasteiger partial charge in [0.15, 0.2) is 0 Å². The zero-order valence-electron chi connectivity index (χ0n) is 14.8. The first-order chi connectivity index (χ1) is 10.9. The van der Waals surface area contributed by atoms with Crippen molar-refractivity contribution >= 4 is 12.2 Å². The van der Waals surface area contributed by atoms with Crippen LogP contribution in [0.5, 0.6) is 0 Å². The summed E-state index contributed by atoms with van der Waals surface area (Å²) in [5.74, 6) is 1.79. The van der Waals surface area contributed by atoms with Crippen molar-refractivity contribution in [3.63, 3.8) is 0 Å². The molecule has 1 amide bonds. The molecule has 3 heterocycles. The smallest absolute Gasteiger partial charge is 0.209 e. The molecule has 0 radical (unpaired) electrons. The van der Waals surface area contributed by atoms with E-state index in [1.54, 1.807) is 7.11 Å². The largest absolute Gasteiger partial charge is 0.379 e. The maximum Gasteiger partial charge on any atom is 0.209 e. The van der Waals surface area contributed by atoms with Crippen LogP contribution < -0.4 is 10.7 Å². The van der Waals surface area contributed by atoms with Crippen molar-refractivity contribution < 1.29 is 9.53 Å². The van der Waals surface area contributed by atoms with Crippen molar-refractivity contribution in [3.05, 3.63) is 0 Å². The molecular weight excluding hydrogens is 294 g/mol. The van der Waals surface area contributed by atoms with Gasteiger partial charge >= 0.3 is 0 Å². The lowest BCUT2D eigenvalue weighted by molar-refractivity contribution is -0.120. The number of carbonyl (C=O) groups is 1. The first-order valence-electron chi connectivity index (χ1n) is 8.49. The van der Waals surface area contributed by atoms with Gasteiger partial charge in [0, 0.05) is 26.1 Å². The molecular formula is C16H31N5O2. The fourth-order valence-electron chi connectivity index (χ4n) is 2.90. The molecule has 0 saturated carbocycles. The van der Waals surface area contributed by atoms with Gasteiger partial charge in [0.2, 0.25) is 6.41 Å². The Hall–Kier alpha value is -1.34. The zero-order chi connectivity index (χ0) is 16.9. The fourth-order valence-corrected chi connectivity index (χ4v) is 2.90. The van der Waals surface area contributed by atoms with Gasteiger partial charge in [0.05, 0.1) is 12.1 Å². The molecule has 0 aromatic carbocycles. The second-order valence-corrected chi connectivity index (χ2v) is 7.25. The number of rotatable bonds is 2. The molecule has 2 fully saturated rings. The van der Waals surface area contributed by atoms with E-state index >= 15 is 0 Å². The normalized spacial score (nSPS) is 25.0. The first-order valence-corrected chi connectivity index (χ1v) is 8.49. The number of ether oxygens (including phenoxy) is 1. The van der Waals surface area contributed by atoms with E-state index in [-0.39, 0.29) is 11.8 Å². The lowest BCUT2D eigenvalue weighted by Crippen LogP contribution is -2.56. The minimum absolute atomic E-state index is 0.0417. The van der Waals surface area contributed by atoms with Crippen LogP contribution in [0.2, 0.25) is 0 Å². The number of hydrogen-bond donors (Lipinski definition) is 2. The van der Waals surface area contributed by atoms with Crippen molar-refractivity contribution in [2.45, 2.75) is 45.4 Å². The van der Waals surface area contributed by atoms with Gasteiger partial charge in [-0.05, 0) is 46.7 Å². The number of amidine groups is 1. The molecule has 3 aliphatic heterocycles. The molecule has 0 bridgehead atoms. The highest BCUT2D eigenvalue weighted by molar-refractivity contribution is 5.86. The molecule has 3 rings (SSSR count). The van der Waals surface area contributed by atoms with Crippen LogP contribution in [-0.4, -0.2) is 73.6 Å². The van der Waals surface area contributed by atoms with Gasteiger partial charge in [0.1, 0.15) is 12.0 Å². The van der Waals surface area contributed by atoms with Crippen molar-refractivity contribution in [2.75, 3.05) is 39.8 Å². The highest BCUT2D eigenvalue weighted by Crippen LogP contribution is 2.22. The van der Waals surface area contributed by atoms with Crippen molar-refractivity contribution in [3.8, 4) is 0 Å². The van der Waals surface area contributed by atoms with E-state index < -0.39 is 0 Å². The number of piperidine rings is 1. The monoisotopic (exact) mass is 325 g/mol. The number of hydrazone groups is 1. The average molecular weight is 325 g/mol. The maximum atomic E-state index is 10.8. The summed E-state index contributed by atoms with van der Waals surface area (Å²) >= 11 is 0. The fraction of sp³-hybridized carbons (Fsp3) is 0.875. The Bertz CT molecular complexity index is 415. The van der Waals surface area contributed by atoms with E-state index in [0.717, 1.165) is 39.1 Å². The van der Waals surface area contributed by atoms with E-state index in [1.165, 1.54) is 18.7 Å². The number of nitrogens with one attached hydrogen (secondary N) is 2. The summed E-state index contributed by atoms with van der Waals surface area (Å²) in [4.78, 5) is 14.9. The van der Waals surface area contributed by atoms with Crippen molar-refractivity contribution in [1.82, 2.24) is 20.5 Å². The summed E-state index contributed by atoms with van der Waals surface area (Å²) in [6.45, 7) is 10.7. The third kappa shape index (κ3) is 5.07. The molecule has 3 aliphatic rings. The molecule has 0 aromatic rings. The number of nitrogens with zero attached hydrogens (tertiary/aromatic N) is 3. The van der Waals surface area contributed by atoms with Gasteiger partial charge in [-0.25, -0.2) is 0 Å². The first kappa shape index (κ1) is 18.0. The van der Waals surface area contributed by atoms with Gasteiger partial charge in [0.25, 0.3) is 0 Å². The molecule has 23 heavy (non-hydrogen) atoms. The van der Waals surface area contributed by atoms with Gasteiger partial charge in [-0.3, -0.25) is 10.2 Å². The molecule has 2 N–H and O–H groups in total. The van der Waals surface area contributed by atoms with Gasteiger partial charge < -0.3 is 19.9 Å². The summed E-state index contributed by atoms with van der Waals surface area (Å²) < 4.78 is 4.94. The number of amides is 1. The van der Waals surface area contributed by atoms with Crippen LogP contribution in [0.4, 0.5) is 0 Å². The standard InChI is InChI=1S/C11H19N5O.C5H12O/c17-8-15-5-6-16-10(7-15)13-14-11(16)9-1-3-12-4-2-9;1-5(2,3)6-4/h8-10,12-13H,1-7H2;1-4H3. The molecule has 7 nitrogen and oxygen atoms in total. The zero-order valence-corrected chi connectivity index (χ0v) is 14.8. The Kier molecular flexibility index (Phi) is 6.24. The SMILES string of the molecule is COC(C)(C)C.O=CN1CCN2C(C3CCNCC3)=NNC2C1. The van der Waals surface area contributed by atoms with Crippen molar-refractivity contribution in [1.29, 1.82) is 0 Å². The molecule has 1 unspecified atom stereocenters. The Balaban J connectivity index is 0.000000277. The molecule has 132 valence electrons. The number of carbonyl (C=O) groups excluding carboxylic acids is 1. The van der Waals surface area contributed by atoms with Crippen LogP contribution in [0.15, 0.2) is 5.10 Å². The van der Waals surface area contributed by atoms with Crippen LogP contribution in [0.1, 0.15) is 33.6 Å². The Morgan fingerprint density at radius 3 is 2.48 bits per heavy atom. The molecule has 1 atom stereocenters. The lowest BCUT2D eigenvalue weighted by atomic mass is 9.96. The van der Waals surface area contributed by atoms with Gasteiger partial charge in [-0.2, -0.15) is 5.10 Å². The number of piperazine rings is 1. The Morgan fingerprint density at radius 2 is 1.91 bits per heavy atom. The van der Waals surface area contributed by atoms with E-state index in [0.29, 0.717) is 5.92 Å². The molecule has 2 saturated heterocycles. The predicted molar refractivity (Wildman–Crippen MR) is 91.1 cm³/mol. The van der Waals surface area contributed by atoms with E-state index in [2.05, 4.69) is 20.7 Å². The quantitative estimate of drug-likeness (QED) is 0.721. The Morgan fingerprint density at radius 1 is 1.26 bits per heavy atom. The number of methoxy groups -OCH3 is 1. The third-order valence-corrected chi connectivity index (χ3v) is 4.50. The summed E-state index contributed by atoms with van der Waals surface area (Å²) in [5.41, 5.74) is 3.20. The van der Waals surface area contributed by atoms with Crippen LogP contribution in [0.25, 0.3) is 0 Å². The van der Waals surface area contributed by atoms with E-state index in [9.17, 15) is 4.79 Å². The van der Waals surface area contributed by atoms with Crippen LogP contribution in [-0.2, 0) is 9.53 Å². The molecule has 0 aromatic heterocycles. The lowest BCUT2D eigenvalue weighted by Gasteiger charge is -2.38. The highest BCUT2D eigenvalue weighted by Gasteiger charge is 2.36. The molecule has 7 heteroatoms. The van der Waals surface area contributed by atoms with Gasteiger partial charge in [-0.1, -0.05) is 0 Å². The minimum Gasteiger partial charge on any atom is -0.379 e. The Labute approximate surface area is 139 Å². The third-order valence-electron chi connectivity index (χ3n) is 4.50. The summed E-state index contributed by atoms with van der Waals surface area (Å²) in [7, 11) is 1.71. The maximum absolute atomic E-state index is 10.8. The summed E-state index contributed by atoms with van der Waals surface area (Å²) in [6, 6.07) is 0. The minimum atomic E-state index is 0.0417. The van der Waals surface area contributed by atoms with Crippen LogP contribution in [0.3, 0.4) is 0 Å². The second kappa shape index (κ2) is 7.97. The number of fused-ring (bicyclic) bond motifs is 1. The summed E-state index contributed by atoms with van der Waals surface area (Å²) in [6.07, 6.45) is 3.46. The highest BCUT2D eigenvalue weighted by atomic mass is 16.5. The van der Waals surface area contributed by atoms with Crippen molar-refractivity contribution in [2.24, 2.45) is 11.0 Å². The topological polar surface area (TPSA) is 69.2 Å². The molecule has 0 aliphatic carbocycles. The average Bonchev–Trinajstić information content (AvgIpc) is 2.98. The predicted octanol–water partition coefficient (Wildman–Crippen LogP) is 0.434. The van der Waals surface area contributed by atoms with E-state index in [1.807, 2.05) is 25.7 Å². The van der Waals surface area contributed by atoms with Gasteiger partial charge in [-0.15, -0.1) is 0 Å².